The van der Waals surface area contributed by atoms with Crippen LogP contribution in [0.1, 0.15) is 11.4 Å². The summed E-state index contributed by atoms with van der Waals surface area (Å²) >= 11 is 1.47. The van der Waals surface area contributed by atoms with Gasteiger partial charge in [-0.2, -0.15) is 0 Å². The van der Waals surface area contributed by atoms with Crippen molar-refractivity contribution < 1.29 is 5.11 Å². The number of nitrogens with two attached hydrogens (primary N) is 1. The van der Waals surface area contributed by atoms with E-state index in [0.29, 0.717) is 12.3 Å². The molecular weight excluding hydrogens is 248 g/mol. The largest absolute Gasteiger partial charge is 0.396 e. The second-order valence-corrected chi connectivity index (χ2v) is 4.86. The molecule has 6 heteroatoms. The van der Waals surface area contributed by atoms with E-state index in [1.165, 1.54) is 11.8 Å². The molecule has 0 bridgehead atoms. The molecular formula is C12H16N4OS. The highest BCUT2D eigenvalue weighted by Gasteiger charge is 2.14. The highest BCUT2D eigenvalue weighted by Crippen LogP contribution is 2.23. The number of aromatic nitrogens is 3. The zero-order chi connectivity index (χ0) is 13.0. The average Bonchev–Trinajstić information content (AvgIpc) is 2.79. The Bertz CT molecular complexity index is 527. The standard InChI is InChI=1S/C12H16N4OS/c1-9-4-2-3-5-10(9)16-11(8-13)14-15-12(16)18-7-6-17/h2-5,17H,6-8,13H2,1H3. The fourth-order valence-corrected chi connectivity index (χ4v) is 2.42. The van der Waals surface area contributed by atoms with Gasteiger partial charge in [-0.05, 0) is 18.6 Å². The van der Waals surface area contributed by atoms with Crippen LogP contribution in [0.2, 0.25) is 0 Å². The predicted octanol–water partition coefficient (Wildman–Crippen LogP) is 1.12. The van der Waals surface area contributed by atoms with E-state index in [0.717, 1.165) is 22.2 Å². The van der Waals surface area contributed by atoms with Crippen molar-refractivity contribution in [1.82, 2.24) is 14.8 Å². The zero-order valence-corrected chi connectivity index (χ0v) is 11.0. The molecule has 0 atom stereocenters. The maximum Gasteiger partial charge on any atom is 0.195 e. The molecule has 0 spiro atoms. The molecule has 1 aromatic carbocycles. The number of rotatable bonds is 5. The van der Waals surface area contributed by atoms with Crippen molar-refractivity contribution in [3.05, 3.63) is 35.7 Å². The smallest absolute Gasteiger partial charge is 0.195 e. The van der Waals surface area contributed by atoms with Crippen molar-refractivity contribution in [3.63, 3.8) is 0 Å². The lowest BCUT2D eigenvalue weighted by Crippen LogP contribution is -2.09. The molecule has 2 rings (SSSR count). The molecule has 0 unspecified atom stereocenters. The van der Waals surface area contributed by atoms with Gasteiger partial charge < -0.3 is 10.8 Å². The molecule has 3 N–H and O–H groups in total. The SMILES string of the molecule is Cc1ccccc1-n1c(CN)nnc1SCCO. The van der Waals surface area contributed by atoms with Gasteiger partial charge in [0.1, 0.15) is 0 Å². The van der Waals surface area contributed by atoms with Crippen LogP contribution in [-0.2, 0) is 6.54 Å². The van der Waals surface area contributed by atoms with Gasteiger partial charge in [0.2, 0.25) is 0 Å². The summed E-state index contributed by atoms with van der Waals surface area (Å²) in [6.07, 6.45) is 0. The van der Waals surface area contributed by atoms with E-state index in [2.05, 4.69) is 10.2 Å². The second-order valence-electron chi connectivity index (χ2n) is 3.80. The summed E-state index contributed by atoms with van der Waals surface area (Å²) in [6.45, 7) is 2.49. The quantitative estimate of drug-likeness (QED) is 0.791. The molecule has 0 aliphatic heterocycles. The van der Waals surface area contributed by atoms with E-state index in [-0.39, 0.29) is 6.61 Å². The van der Waals surface area contributed by atoms with E-state index in [4.69, 9.17) is 10.8 Å². The van der Waals surface area contributed by atoms with E-state index >= 15 is 0 Å². The van der Waals surface area contributed by atoms with Crippen molar-refractivity contribution in [2.45, 2.75) is 18.6 Å². The molecule has 1 aromatic heterocycles. The molecule has 0 saturated heterocycles. The van der Waals surface area contributed by atoms with Crippen molar-refractivity contribution in [2.75, 3.05) is 12.4 Å². The molecule has 96 valence electrons. The third kappa shape index (κ3) is 2.55. The normalized spacial score (nSPS) is 10.8. The molecule has 18 heavy (non-hydrogen) atoms. The number of benzene rings is 1. The monoisotopic (exact) mass is 264 g/mol. The van der Waals surface area contributed by atoms with Crippen LogP contribution in [0.15, 0.2) is 29.4 Å². The molecule has 0 aliphatic carbocycles. The molecule has 5 nitrogen and oxygen atoms in total. The van der Waals surface area contributed by atoms with Gasteiger partial charge in [0.15, 0.2) is 11.0 Å². The minimum atomic E-state index is 0.114. The summed E-state index contributed by atoms with van der Waals surface area (Å²) in [5.74, 6) is 1.32. The number of hydrogen-bond acceptors (Lipinski definition) is 5. The van der Waals surface area contributed by atoms with E-state index in [9.17, 15) is 0 Å². The lowest BCUT2D eigenvalue weighted by atomic mass is 10.2. The number of hydrogen-bond donors (Lipinski definition) is 2. The van der Waals surface area contributed by atoms with Crippen LogP contribution in [0.3, 0.4) is 0 Å². The van der Waals surface area contributed by atoms with Crippen LogP contribution < -0.4 is 5.73 Å². The van der Waals surface area contributed by atoms with Crippen molar-refractivity contribution in [2.24, 2.45) is 5.73 Å². The highest BCUT2D eigenvalue weighted by molar-refractivity contribution is 7.99. The number of aryl methyl sites for hydroxylation is 1. The molecule has 0 radical (unpaired) electrons. The van der Waals surface area contributed by atoms with Crippen LogP contribution in [-0.4, -0.2) is 32.2 Å². The third-order valence-electron chi connectivity index (χ3n) is 2.56. The van der Waals surface area contributed by atoms with Crippen LogP contribution in [0, 0.1) is 6.92 Å². The van der Waals surface area contributed by atoms with Gasteiger partial charge in [0.05, 0.1) is 18.8 Å². The van der Waals surface area contributed by atoms with Gasteiger partial charge in [-0.3, -0.25) is 4.57 Å². The van der Waals surface area contributed by atoms with Crippen LogP contribution in [0.25, 0.3) is 5.69 Å². The van der Waals surface area contributed by atoms with Crippen molar-refractivity contribution >= 4 is 11.8 Å². The zero-order valence-electron chi connectivity index (χ0n) is 10.2. The number of aliphatic hydroxyl groups is 1. The summed E-state index contributed by atoms with van der Waals surface area (Å²) in [5.41, 5.74) is 7.87. The van der Waals surface area contributed by atoms with Gasteiger partial charge in [0, 0.05) is 5.75 Å². The minimum Gasteiger partial charge on any atom is -0.396 e. The Balaban J connectivity index is 2.47. The Morgan fingerprint density at radius 2 is 2.11 bits per heavy atom. The molecule has 2 aromatic rings. The number of nitrogens with zero attached hydrogens (tertiary/aromatic N) is 3. The average molecular weight is 264 g/mol. The number of aliphatic hydroxyl groups excluding tert-OH is 1. The molecule has 0 aliphatic rings. The second kappa shape index (κ2) is 5.99. The number of thioether (sulfide) groups is 1. The summed E-state index contributed by atoms with van der Waals surface area (Å²) in [7, 11) is 0. The van der Waals surface area contributed by atoms with Gasteiger partial charge >= 0.3 is 0 Å². The lowest BCUT2D eigenvalue weighted by molar-refractivity contribution is 0.322. The van der Waals surface area contributed by atoms with Crippen LogP contribution in [0.5, 0.6) is 0 Å². The molecule has 0 amide bonds. The first kappa shape index (κ1) is 13.1. The lowest BCUT2D eigenvalue weighted by Gasteiger charge is -2.11. The Labute approximate surface area is 110 Å². The first-order valence-corrected chi connectivity index (χ1v) is 6.70. The van der Waals surface area contributed by atoms with Gasteiger partial charge in [-0.1, -0.05) is 30.0 Å². The van der Waals surface area contributed by atoms with Gasteiger partial charge in [0.25, 0.3) is 0 Å². The maximum atomic E-state index is 8.90. The van der Waals surface area contributed by atoms with Crippen molar-refractivity contribution in [3.8, 4) is 5.69 Å². The van der Waals surface area contributed by atoms with E-state index in [1.54, 1.807) is 0 Å². The summed E-state index contributed by atoms with van der Waals surface area (Å²) < 4.78 is 1.95. The highest BCUT2D eigenvalue weighted by atomic mass is 32.2. The van der Waals surface area contributed by atoms with Gasteiger partial charge in [-0.15, -0.1) is 10.2 Å². The van der Waals surface area contributed by atoms with E-state index < -0.39 is 0 Å². The van der Waals surface area contributed by atoms with E-state index in [1.807, 2.05) is 35.8 Å². The summed E-state index contributed by atoms with van der Waals surface area (Å²) in [4.78, 5) is 0. The molecule has 0 fully saturated rings. The topological polar surface area (TPSA) is 77.0 Å². The predicted molar refractivity (Wildman–Crippen MR) is 71.8 cm³/mol. The summed E-state index contributed by atoms with van der Waals surface area (Å²) in [6, 6.07) is 8.02. The number of para-hydroxylation sites is 1. The summed E-state index contributed by atoms with van der Waals surface area (Å²) in [5, 5.41) is 17.9. The van der Waals surface area contributed by atoms with Gasteiger partial charge in [-0.25, -0.2) is 0 Å². The third-order valence-corrected chi connectivity index (χ3v) is 3.47. The molecule has 0 saturated carbocycles. The van der Waals surface area contributed by atoms with Crippen LogP contribution >= 0.6 is 11.8 Å². The maximum absolute atomic E-state index is 8.90. The Morgan fingerprint density at radius 1 is 1.33 bits per heavy atom. The molecule has 1 heterocycles. The Kier molecular flexibility index (Phi) is 4.35. The Hall–Kier alpha value is -1.37. The van der Waals surface area contributed by atoms with Crippen molar-refractivity contribution in [1.29, 1.82) is 0 Å². The van der Waals surface area contributed by atoms with Crippen LogP contribution in [0.4, 0.5) is 0 Å². The fourth-order valence-electron chi connectivity index (χ4n) is 1.72. The minimum absolute atomic E-state index is 0.114. The first-order valence-electron chi connectivity index (χ1n) is 5.72. The fraction of sp³-hybridized carbons (Fsp3) is 0.333. The Morgan fingerprint density at radius 3 is 2.78 bits per heavy atom. The first-order chi connectivity index (χ1) is 8.77.